The highest BCUT2D eigenvalue weighted by atomic mass is 35.5. The Bertz CT molecular complexity index is 197. The van der Waals surface area contributed by atoms with Crippen molar-refractivity contribution in [1.82, 2.24) is 0 Å². The first-order valence-corrected chi connectivity index (χ1v) is 4.01. The van der Waals surface area contributed by atoms with Crippen molar-refractivity contribution in [2.75, 3.05) is 5.88 Å². The first-order chi connectivity index (χ1) is 4.87. The van der Waals surface area contributed by atoms with Crippen LogP contribution in [0.2, 0.25) is 0 Å². The number of fused-ring (bicyclic) bond motifs is 1. The standard InChI is InChI=1S/C8H9ClO/c9-6-5-8-4-2-1-3-7(8)10-8/h1-4,7H,5-6H2. The molecular weight excluding hydrogens is 148 g/mol. The Morgan fingerprint density at radius 2 is 2.40 bits per heavy atom. The summed E-state index contributed by atoms with van der Waals surface area (Å²) in [5, 5.41) is 0. The van der Waals surface area contributed by atoms with E-state index in [1.165, 1.54) is 0 Å². The van der Waals surface area contributed by atoms with Gasteiger partial charge in [0.05, 0.1) is 0 Å². The highest BCUT2D eigenvalue weighted by molar-refractivity contribution is 6.17. The van der Waals surface area contributed by atoms with Gasteiger partial charge in [0.15, 0.2) is 0 Å². The number of alkyl halides is 1. The minimum atomic E-state index is -0.00347. The molecule has 0 radical (unpaired) electrons. The van der Waals surface area contributed by atoms with Gasteiger partial charge in [-0.1, -0.05) is 18.2 Å². The number of allylic oxidation sites excluding steroid dienone is 2. The van der Waals surface area contributed by atoms with Gasteiger partial charge in [-0.25, -0.2) is 0 Å². The summed E-state index contributed by atoms with van der Waals surface area (Å²) in [6.45, 7) is 0. The zero-order valence-electron chi connectivity index (χ0n) is 5.59. The maximum absolute atomic E-state index is 5.61. The second kappa shape index (κ2) is 2.11. The average Bonchev–Trinajstić information content (AvgIpc) is 2.62. The lowest BCUT2D eigenvalue weighted by Gasteiger charge is -2.04. The van der Waals surface area contributed by atoms with Gasteiger partial charge in [0.2, 0.25) is 0 Å². The number of epoxide rings is 1. The van der Waals surface area contributed by atoms with Gasteiger partial charge < -0.3 is 4.74 Å². The summed E-state index contributed by atoms with van der Waals surface area (Å²) in [4.78, 5) is 0. The topological polar surface area (TPSA) is 12.5 Å². The molecule has 0 aromatic carbocycles. The summed E-state index contributed by atoms with van der Waals surface area (Å²) >= 11 is 5.61. The largest absolute Gasteiger partial charge is 0.357 e. The van der Waals surface area contributed by atoms with Crippen LogP contribution in [0.25, 0.3) is 0 Å². The molecule has 0 bridgehead atoms. The van der Waals surface area contributed by atoms with Crippen LogP contribution in [-0.2, 0) is 4.74 Å². The molecule has 2 atom stereocenters. The smallest absolute Gasteiger partial charge is 0.118 e. The fourth-order valence-electron chi connectivity index (χ4n) is 1.35. The van der Waals surface area contributed by atoms with Crippen molar-refractivity contribution in [2.24, 2.45) is 0 Å². The Morgan fingerprint density at radius 1 is 1.50 bits per heavy atom. The monoisotopic (exact) mass is 156 g/mol. The van der Waals surface area contributed by atoms with Crippen LogP contribution in [0.5, 0.6) is 0 Å². The molecule has 0 spiro atoms. The van der Waals surface area contributed by atoms with Crippen LogP contribution < -0.4 is 0 Å². The van der Waals surface area contributed by atoms with E-state index >= 15 is 0 Å². The number of hydrogen-bond donors (Lipinski definition) is 0. The fraction of sp³-hybridized carbons (Fsp3) is 0.500. The van der Waals surface area contributed by atoms with Crippen molar-refractivity contribution < 1.29 is 4.74 Å². The predicted octanol–water partition coefficient (Wildman–Crippen LogP) is 1.88. The molecule has 1 heterocycles. The Hall–Kier alpha value is -0.270. The lowest BCUT2D eigenvalue weighted by molar-refractivity contribution is 0.336. The van der Waals surface area contributed by atoms with Crippen LogP contribution in [0.15, 0.2) is 24.3 Å². The van der Waals surface area contributed by atoms with Gasteiger partial charge in [0.25, 0.3) is 0 Å². The van der Waals surface area contributed by atoms with Gasteiger partial charge in [-0.15, -0.1) is 11.6 Å². The van der Waals surface area contributed by atoms with E-state index in [1.54, 1.807) is 0 Å². The summed E-state index contributed by atoms with van der Waals surface area (Å²) in [6, 6.07) is 0. The highest BCUT2D eigenvalue weighted by Crippen LogP contribution is 2.43. The molecule has 0 amide bonds. The highest BCUT2D eigenvalue weighted by Gasteiger charge is 2.52. The second-order valence-electron chi connectivity index (χ2n) is 2.68. The van der Waals surface area contributed by atoms with E-state index in [9.17, 15) is 0 Å². The minimum Gasteiger partial charge on any atom is -0.357 e. The SMILES string of the molecule is ClCCC12C=CC=CC1O2. The summed E-state index contributed by atoms with van der Waals surface area (Å²) in [5.41, 5.74) is -0.00347. The molecule has 10 heavy (non-hydrogen) atoms. The van der Waals surface area contributed by atoms with Crippen molar-refractivity contribution in [3.05, 3.63) is 24.3 Å². The van der Waals surface area contributed by atoms with Gasteiger partial charge in [0.1, 0.15) is 11.7 Å². The van der Waals surface area contributed by atoms with Gasteiger partial charge in [0, 0.05) is 5.88 Å². The van der Waals surface area contributed by atoms with Crippen molar-refractivity contribution in [1.29, 1.82) is 0 Å². The Balaban J connectivity index is 2.08. The van der Waals surface area contributed by atoms with Crippen LogP contribution in [0, 0.1) is 0 Å². The maximum atomic E-state index is 5.61. The lowest BCUT2D eigenvalue weighted by Crippen LogP contribution is -2.12. The van der Waals surface area contributed by atoms with E-state index in [2.05, 4.69) is 12.2 Å². The van der Waals surface area contributed by atoms with Crippen molar-refractivity contribution in [2.45, 2.75) is 18.1 Å². The third-order valence-corrected chi connectivity index (χ3v) is 2.22. The van der Waals surface area contributed by atoms with Crippen LogP contribution in [-0.4, -0.2) is 17.6 Å². The second-order valence-corrected chi connectivity index (χ2v) is 3.05. The van der Waals surface area contributed by atoms with Gasteiger partial charge in [-0.2, -0.15) is 0 Å². The predicted molar refractivity (Wildman–Crippen MR) is 41.2 cm³/mol. The minimum absolute atomic E-state index is 0.00347. The molecule has 1 fully saturated rings. The van der Waals surface area contributed by atoms with E-state index in [-0.39, 0.29) is 5.60 Å². The molecule has 0 aromatic heterocycles. The number of hydrogen-bond acceptors (Lipinski definition) is 1. The molecule has 1 saturated heterocycles. The van der Waals surface area contributed by atoms with Gasteiger partial charge in [-0.05, 0) is 12.5 Å². The molecule has 0 saturated carbocycles. The summed E-state index contributed by atoms with van der Waals surface area (Å²) in [5.74, 6) is 0.675. The van der Waals surface area contributed by atoms with E-state index in [1.807, 2.05) is 12.2 Å². The van der Waals surface area contributed by atoms with Crippen LogP contribution in [0.3, 0.4) is 0 Å². The summed E-state index contributed by atoms with van der Waals surface area (Å²) in [7, 11) is 0. The molecule has 2 rings (SSSR count). The molecule has 1 aliphatic heterocycles. The third kappa shape index (κ3) is 0.815. The molecule has 2 heteroatoms. The van der Waals surface area contributed by atoms with E-state index in [0.29, 0.717) is 12.0 Å². The molecule has 2 unspecified atom stereocenters. The number of ether oxygens (including phenoxy) is 1. The number of rotatable bonds is 2. The first kappa shape index (κ1) is 6.44. The zero-order chi connectivity index (χ0) is 7.03. The summed E-state index contributed by atoms with van der Waals surface area (Å²) in [6.07, 6.45) is 9.46. The van der Waals surface area contributed by atoms with Crippen molar-refractivity contribution in [3.63, 3.8) is 0 Å². The molecule has 0 aromatic rings. The van der Waals surface area contributed by atoms with Crippen molar-refractivity contribution >= 4 is 11.6 Å². The Morgan fingerprint density at radius 3 is 3.10 bits per heavy atom. The first-order valence-electron chi connectivity index (χ1n) is 3.47. The van der Waals surface area contributed by atoms with Crippen LogP contribution in [0.4, 0.5) is 0 Å². The Labute approximate surface area is 65.3 Å². The zero-order valence-corrected chi connectivity index (χ0v) is 6.34. The molecule has 1 aliphatic carbocycles. The Kier molecular flexibility index (Phi) is 1.36. The van der Waals surface area contributed by atoms with E-state index < -0.39 is 0 Å². The molecular formula is C8H9ClO. The fourth-order valence-corrected chi connectivity index (χ4v) is 1.65. The van der Waals surface area contributed by atoms with Gasteiger partial charge in [-0.3, -0.25) is 0 Å². The van der Waals surface area contributed by atoms with Crippen LogP contribution in [0.1, 0.15) is 6.42 Å². The normalized spacial score (nSPS) is 41.5. The quantitative estimate of drug-likeness (QED) is 0.439. The van der Waals surface area contributed by atoms with Gasteiger partial charge >= 0.3 is 0 Å². The van der Waals surface area contributed by atoms with Crippen LogP contribution >= 0.6 is 11.6 Å². The van der Waals surface area contributed by atoms with E-state index in [4.69, 9.17) is 16.3 Å². The maximum Gasteiger partial charge on any atom is 0.118 e. The molecule has 2 aliphatic rings. The molecule has 1 nitrogen and oxygen atoms in total. The lowest BCUT2D eigenvalue weighted by atomic mass is 9.98. The average molecular weight is 157 g/mol. The van der Waals surface area contributed by atoms with E-state index in [0.717, 1.165) is 6.42 Å². The summed E-state index contributed by atoms with van der Waals surface area (Å²) < 4.78 is 5.45. The third-order valence-electron chi connectivity index (χ3n) is 2.03. The number of halogens is 1. The molecule has 54 valence electrons. The molecule has 0 N–H and O–H groups in total. The van der Waals surface area contributed by atoms with Crippen molar-refractivity contribution in [3.8, 4) is 0 Å².